The summed E-state index contributed by atoms with van der Waals surface area (Å²) in [6, 6.07) is 3.60. The topological polar surface area (TPSA) is 0 Å². The van der Waals surface area contributed by atoms with E-state index in [1.807, 2.05) is 20.8 Å². The summed E-state index contributed by atoms with van der Waals surface area (Å²) in [6.07, 6.45) is 0.785. The van der Waals surface area contributed by atoms with Crippen LogP contribution in [0.1, 0.15) is 32.8 Å². The van der Waals surface area contributed by atoms with Gasteiger partial charge in [-0.1, -0.05) is 20.8 Å². The van der Waals surface area contributed by atoms with Gasteiger partial charge in [0, 0.05) is 0 Å². The first-order valence-electron chi connectivity index (χ1n) is 4.43. The van der Waals surface area contributed by atoms with Crippen molar-refractivity contribution in [1.82, 2.24) is 0 Å². The molecule has 1 aromatic rings. The molecule has 0 radical (unpaired) electrons. The lowest BCUT2D eigenvalue weighted by atomic mass is 9.82. The molecule has 0 atom stereocenters. The van der Waals surface area contributed by atoms with E-state index >= 15 is 0 Å². The second-order valence-electron chi connectivity index (χ2n) is 3.86. The van der Waals surface area contributed by atoms with Crippen molar-refractivity contribution in [2.45, 2.75) is 32.6 Å². The Morgan fingerprint density at radius 1 is 1.23 bits per heavy atom. The van der Waals surface area contributed by atoms with Crippen molar-refractivity contribution < 1.29 is 8.78 Å². The Morgan fingerprint density at radius 3 is 2.38 bits per heavy atom. The van der Waals surface area contributed by atoms with Crippen molar-refractivity contribution in [2.24, 2.45) is 0 Å². The van der Waals surface area contributed by atoms with Crippen LogP contribution in [-0.2, 0) is 5.41 Å². The lowest BCUT2D eigenvalue weighted by Crippen LogP contribution is -2.17. The Kier molecular flexibility index (Phi) is 2.69. The minimum absolute atomic E-state index is 0.299. The van der Waals surface area contributed by atoms with Gasteiger partial charge in [0.25, 0.3) is 0 Å². The molecule has 0 bridgehead atoms. The van der Waals surface area contributed by atoms with Crippen LogP contribution in [0.25, 0.3) is 0 Å². The van der Waals surface area contributed by atoms with Crippen molar-refractivity contribution in [2.75, 3.05) is 0 Å². The molecule has 0 saturated carbocycles. The SMILES string of the molecule is CCC(C)(C)c1cc(F)ccc1F. The van der Waals surface area contributed by atoms with Crippen LogP contribution < -0.4 is 0 Å². The molecular formula is C11H14F2. The zero-order valence-electron chi connectivity index (χ0n) is 8.20. The Balaban J connectivity index is 3.20. The largest absolute Gasteiger partial charge is 0.207 e. The van der Waals surface area contributed by atoms with Crippen molar-refractivity contribution in [3.8, 4) is 0 Å². The molecule has 0 aliphatic carbocycles. The zero-order valence-corrected chi connectivity index (χ0v) is 8.20. The summed E-state index contributed by atoms with van der Waals surface area (Å²) in [5.41, 5.74) is 0.154. The Labute approximate surface area is 77.6 Å². The molecule has 0 fully saturated rings. The molecule has 0 aliphatic heterocycles. The fourth-order valence-electron chi connectivity index (χ4n) is 1.21. The first kappa shape index (κ1) is 10.2. The number of rotatable bonds is 2. The third-order valence-electron chi connectivity index (χ3n) is 2.54. The van der Waals surface area contributed by atoms with E-state index in [4.69, 9.17) is 0 Å². The van der Waals surface area contributed by atoms with Crippen molar-refractivity contribution >= 4 is 0 Å². The highest BCUT2D eigenvalue weighted by atomic mass is 19.1. The Morgan fingerprint density at radius 2 is 1.85 bits per heavy atom. The van der Waals surface area contributed by atoms with Gasteiger partial charge in [-0.25, -0.2) is 8.78 Å². The lowest BCUT2D eigenvalue weighted by Gasteiger charge is -2.23. The summed E-state index contributed by atoms with van der Waals surface area (Å²) >= 11 is 0. The smallest absolute Gasteiger partial charge is 0.127 e. The summed E-state index contributed by atoms with van der Waals surface area (Å²) in [5.74, 6) is -0.703. The summed E-state index contributed by atoms with van der Waals surface area (Å²) in [5, 5.41) is 0. The highest BCUT2D eigenvalue weighted by Crippen LogP contribution is 2.29. The van der Waals surface area contributed by atoms with E-state index < -0.39 is 0 Å². The van der Waals surface area contributed by atoms with Crippen LogP contribution in [0.15, 0.2) is 18.2 Å². The van der Waals surface area contributed by atoms with E-state index in [1.54, 1.807) is 0 Å². The van der Waals surface area contributed by atoms with Gasteiger partial charge in [0.2, 0.25) is 0 Å². The molecule has 0 amide bonds. The average molecular weight is 184 g/mol. The van der Waals surface area contributed by atoms with Gasteiger partial charge in [-0.05, 0) is 35.6 Å². The molecule has 0 N–H and O–H groups in total. The number of hydrogen-bond donors (Lipinski definition) is 0. The maximum atomic E-state index is 13.3. The van der Waals surface area contributed by atoms with E-state index in [0.717, 1.165) is 12.5 Å². The molecule has 72 valence electrons. The molecule has 0 aromatic heterocycles. The van der Waals surface area contributed by atoms with E-state index in [9.17, 15) is 8.78 Å². The van der Waals surface area contributed by atoms with E-state index in [-0.39, 0.29) is 17.0 Å². The molecule has 13 heavy (non-hydrogen) atoms. The number of halogens is 2. The average Bonchev–Trinajstić information content (AvgIpc) is 2.09. The van der Waals surface area contributed by atoms with E-state index in [0.29, 0.717) is 5.56 Å². The normalized spacial score (nSPS) is 11.8. The van der Waals surface area contributed by atoms with Crippen LogP contribution in [0.2, 0.25) is 0 Å². The van der Waals surface area contributed by atoms with Crippen molar-refractivity contribution in [1.29, 1.82) is 0 Å². The number of hydrogen-bond acceptors (Lipinski definition) is 0. The molecule has 0 nitrogen and oxygen atoms in total. The maximum Gasteiger partial charge on any atom is 0.127 e. The quantitative estimate of drug-likeness (QED) is 0.658. The van der Waals surface area contributed by atoms with Crippen LogP contribution in [0, 0.1) is 11.6 Å². The van der Waals surface area contributed by atoms with Gasteiger partial charge < -0.3 is 0 Å². The highest BCUT2D eigenvalue weighted by molar-refractivity contribution is 5.26. The first-order chi connectivity index (χ1) is 5.97. The predicted octanol–water partition coefficient (Wildman–Crippen LogP) is 3.65. The second-order valence-corrected chi connectivity index (χ2v) is 3.86. The maximum absolute atomic E-state index is 13.3. The minimum atomic E-state index is -0.377. The van der Waals surface area contributed by atoms with Gasteiger partial charge in [0.15, 0.2) is 0 Å². The monoisotopic (exact) mass is 184 g/mol. The molecule has 2 heteroatoms. The van der Waals surface area contributed by atoms with Crippen LogP contribution in [0.5, 0.6) is 0 Å². The van der Waals surface area contributed by atoms with Gasteiger partial charge in [0.05, 0.1) is 0 Å². The van der Waals surface area contributed by atoms with Gasteiger partial charge >= 0.3 is 0 Å². The Hall–Kier alpha value is -0.920. The Bertz CT molecular complexity index is 303. The van der Waals surface area contributed by atoms with Gasteiger partial charge in [-0.3, -0.25) is 0 Å². The minimum Gasteiger partial charge on any atom is -0.207 e. The third kappa shape index (κ3) is 2.06. The van der Waals surface area contributed by atoms with Gasteiger partial charge in [-0.15, -0.1) is 0 Å². The second kappa shape index (κ2) is 3.44. The third-order valence-corrected chi connectivity index (χ3v) is 2.54. The lowest BCUT2D eigenvalue weighted by molar-refractivity contribution is 0.463. The van der Waals surface area contributed by atoms with Crippen LogP contribution in [0.4, 0.5) is 8.78 Å². The summed E-state index contributed by atoms with van der Waals surface area (Å²) in [4.78, 5) is 0. The van der Waals surface area contributed by atoms with E-state index in [2.05, 4.69) is 0 Å². The molecule has 0 unspecified atom stereocenters. The van der Waals surface area contributed by atoms with Gasteiger partial charge in [-0.2, -0.15) is 0 Å². The molecule has 1 rings (SSSR count). The molecule has 1 aromatic carbocycles. The molecular weight excluding hydrogens is 170 g/mol. The first-order valence-corrected chi connectivity index (χ1v) is 4.43. The van der Waals surface area contributed by atoms with E-state index in [1.165, 1.54) is 12.1 Å². The molecule has 0 heterocycles. The predicted molar refractivity (Wildman–Crippen MR) is 49.7 cm³/mol. The molecule has 0 saturated heterocycles. The fourth-order valence-corrected chi connectivity index (χ4v) is 1.21. The molecule has 0 aliphatic rings. The van der Waals surface area contributed by atoms with Gasteiger partial charge in [0.1, 0.15) is 11.6 Å². The summed E-state index contributed by atoms with van der Waals surface area (Å²) in [6.45, 7) is 5.78. The van der Waals surface area contributed by atoms with Crippen LogP contribution in [0.3, 0.4) is 0 Å². The standard InChI is InChI=1S/C11H14F2/c1-4-11(2,3)9-7-8(12)5-6-10(9)13/h5-7H,4H2,1-3H3. The zero-order chi connectivity index (χ0) is 10.1. The van der Waals surface area contributed by atoms with Crippen LogP contribution >= 0.6 is 0 Å². The summed E-state index contributed by atoms with van der Waals surface area (Å²) in [7, 11) is 0. The molecule has 0 spiro atoms. The fraction of sp³-hybridized carbons (Fsp3) is 0.455. The highest BCUT2D eigenvalue weighted by Gasteiger charge is 2.22. The van der Waals surface area contributed by atoms with Crippen molar-refractivity contribution in [3.63, 3.8) is 0 Å². The summed E-state index contributed by atoms with van der Waals surface area (Å²) < 4.78 is 26.1. The van der Waals surface area contributed by atoms with Crippen LogP contribution in [-0.4, -0.2) is 0 Å². The van der Waals surface area contributed by atoms with Crippen molar-refractivity contribution in [3.05, 3.63) is 35.4 Å². The number of benzene rings is 1.